The van der Waals surface area contributed by atoms with Crippen molar-refractivity contribution in [1.29, 1.82) is 0 Å². The van der Waals surface area contributed by atoms with Crippen LogP contribution in [0.1, 0.15) is 20.8 Å². The van der Waals surface area contributed by atoms with Gasteiger partial charge < -0.3 is 0 Å². The van der Waals surface area contributed by atoms with Gasteiger partial charge in [-0.25, -0.2) is 25.9 Å². The van der Waals surface area contributed by atoms with Gasteiger partial charge in [-0.15, -0.1) is 0 Å². The highest BCUT2D eigenvalue weighted by Gasteiger charge is 2.29. The molecule has 0 saturated carbocycles. The zero-order valence-corrected chi connectivity index (χ0v) is 9.64. The maximum Gasteiger partial charge on any atom is 0.345 e. The normalized spacial score (nSPS) is 18.3. The maximum absolute atomic E-state index is 11.4. The Morgan fingerprint density at radius 1 is 1.15 bits per heavy atom. The molecule has 0 fully saturated rings. The van der Waals surface area contributed by atoms with E-state index in [9.17, 15) is 9.13 Å². The Labute approximate surface area is 77.5 Å². The fourth-order valence-corrected chi connectivity index (χ4v) is 3.29. The summed E-state index contributed by atoms with van der Waals surface area (Å²) in [5.74, 6) is 0. The minimum Gasteiger partial charge on any atom is -0.256 e. The standard InChI is InChI=1S/C4H16N4O3P2/c1-4(2,3)8-13(7,10)11-12(5,6)9/h1-3H3,(H4,5,6,9)(H3,7,8,10). The summed E-state index contributed by atoms with van der Waals surface area (Å²) in [6, 6.07) is 0. The van der Waals surface area contributed by atoms with Crippen molar-refractivity contribution in [2.24, 2.45) is 16.5 Å². The number of nitrogens with one attached hydrogen (secondary N) is 1. The highest BCUT2D eigenvalue weighted by Crippen LogP contribution is 2.48. The van der Waals surface area contributed by atoms with E-state index in [0.717, 1.165) is 0 Å². The van der Waals surface area contributed by atoms with E-state index in [1.165, 1.54) is 0 Å². The quantitative estimate of drug-likeness (QED) is 0.518. The molecule has 9 heteroatoms. The topological polar surface area (TPSA) is 133 Å². The van der Waals surface area contributed by atoms with Crippen molar-refractivity contribution in [3.8, 4) is 0 Å². The lowest BCUT2D eigenvalue weighted by atomic mass is 10.1. The molecule has 0 rings (SSSR count). The molecule has 0 bridgehead atoms. The second-order valence-electron chi connectivity index (χ2n) is 3.69. The molecule has 1 atom stereocenters. The average Bonchev–Trinajstić information content (AvgIpc) is 1.43. The molecule has 7 N–H and O–H groups in total. The summed E-state index contributed by atoms with van der Waals surface area (Å²) in [5.41, 5.74) is 14.4. The first-order valence-electron chi connectivity index (χ1n) is 3.48. The Morgan fingerprint density at radius 2 is 1.54 bits per heavy atom. The van der Waals surface area contributed by atoms with Crippen LogP contribution in [-0.4, -0.2) is 5.54 Å². The van der Waals surface area contributed by atoms with E-state index in [2.05, 4.69) is 9.40 Å². The van der Waals surface area contributed by atoms with Crippen molar-refractivity contribution in [1.82, 2.24) is 5.09 Å². The van der Waals surface area contributed by atoms with Crippen LogP contribution in [-0.2, 0) is 13.4 Å². The molecule has 0 aliphatic carbocycles. The van der Waals surface area contributed by atoms with Crippen LogP contribution in [0.15, 0.2) is 0 Å². The van der Waals surface area contributed by atoms with Gasteiger partial charge >= 0.3 is 15.3 Å². The van der Waals surface area contributed by atoms with Crippen molar-refractivity contribution < 1.29 is 13.4 Å². The van der Waals surface area contributed by atoms with E-state index in [1.54, 1.807) is 20.8 Å². The Kier molecular flexibility index (Phi) is 3.86. The van der Waals surface area contributed by atoms with Gasteiger partial charge in [0.2, 0.25) is 0 Å². The van der Waals surface area contributed by atoms with Gasteiger partial charge in [0.1, 0.15) is 0 Å². The van der Waals surface area contributed by atoms with Crippen LogP contribution >= 0.6 is 15.3 Å². The van der Waals surface area contributed by atoms with Gasteiger partial charge in [-0.3, -0.25) is 9.13 Å². The predicted octanol–water partition coefficient (Wildman–Crippen LogP) is 0.483. The first-order valence-corrected chi connectivity index (χ1v) is 6.94. The Bertz CT molecular complexity index is 267. The summed E-state index contributed by atoms with van der Waals surface area (Å²) >= 11 is 0. The highest BCUT2D eigenvalue weighted by molar-refractivity contribution is 7.67. The second-order valence-corrected chi connectivity index (χ2v) is 7.05. The van der Waals surface area contributed by atoms with Gasteiger partial charge in [0.15, 0.2) is 0 Å². The third-order valence-corrected chi connectivity index (χ3v) is 3.71. The highest BCUT2D eigenvalue weighted by atomic mass is 31.3. The molecule has 0 radical (unpaired) electrons. The summed E-state index contributed by atoms with van der Waals surface area (Å²) in [6.45, 7) is 5.15. The lowest BCUT2D eigenvalue weighted by Crippen LogP contribution is -2.36. The summed E-state index contributed by atoms with van der Waals surface area (Å²) in [5, 5.41) is 2.43. The molecule has 0 heterocycles. The Balaban J connectivity index is 4.44. The lowest BCUT2D eigenvalue weighted by molar-refractivity contribution is 0.417. The average molecular weight is 230 g/mol. The summed E-state index contributed by atoms with van der Waals surface area (Å²) in [6.07, 6.45) is 0. The minimum atomic E-state index is -3.82. The smallest absolute Gasteiger partial charge is 0.256 e. The zero-order valence-electron chi connectivity index (χ0n) is 7.85. The molecule has 0 aromatic carbocycles. The van der Waals surface area contributed by atoms with E-state index in [0.29, 0.717) is 0 Å². The number of rotatable bonds is 3. The lowest BCUT2D eigenvalue weighted by Gasteiger charge is -2.25. The molecule has 80 valence electrons. The molecular formula is C4H16N4O3P2. The fourth-order valence-electron chi connectivity index (χ4n) is 0.678. The van der Waals surface area contributed by atoms with Crippen LogP contribution < -0.4 is 21.6 Å². The SMILES string of the molecule is CC(C)(C)NP(N)(=O)OP(N)(N)=O. The largest absolute Gasteiger partial charge is 0.345 e. The molecule has 0 aliphatic heterocycles. The van der Waals surface area contributed by atoms with E-state index >= 15 is 0 Å². The number of hydrogen-bond donors (Lipinski definition) is 4. The molecular weight excluding hydrogens is 214 g/mol. The maximum atomic E-state index is 11.4. The molecule has 0 saturated heterocycles. The van der Waals surface area contributed by atoms with Gasteiger partial charge in [0.25, 0.3) is 0 Å². The van der Waals surface area contributed by atoms with Crippen LogP contribution in [0.4, 0.5) is 0 Å². The van der Waals surface area contributed by atoms with Gasteiger partial charge in [0, 0.05) is 5.54 Å². The van der Waals surface area contributed by atoms with E-state index in [4.69, 9.17) is 16.5 Å². The van der Waals surface area contributed by atoms with Gasteiger partial charge in [-0.1, -0.05) is 0 Å². The van der Waals surface area contributed by atoms with E-state index in [1.807, 2.05) is 0 Å². The Hall–Kier alpha value is 0.260. The molecule has 0 aromatic rings. The Morgan fingerprint density at radius 3 is 1.77 bits per heavy atom. The number of hydrogen-bond acceptors (Lipinski definition) is 3. The third-order valence-electron chi connectivity index (χ3n) is 0.740. The fraction of sp³-hybridized carbons (Fsp3) is 1.00. The van der Waals surface area contributed by atoms with Crippen molar-refractivity contribution in [2.75, 3.05) is 0 Å². The minimum absolute atomic E-state index is 0.542. The van der Waals surface area contributed by atoms with Gasteiger partial charge in [-0.2, -0.15) is 0 Å². The summed E-state index contributed by atoms with van der Waals surface area (Å²) in [4.78, 5) is 0. The first kappa shape index (κ1) is 13.3. The van der Waals surface area contributed by atoms with Crippen LogP contribution in [0.3, 0.4) is 0 Å². The van der Waals surface area contributed by atoms with Crippen molar-refractivity contribution >= 4 is 15.3 Å². The molecule has 0 amide bonds. The molecule has 0 spiro atoms. The van der Waals surface area contributed by atoms with Gasteiger partial charge in [-0.05, 0) is 20.8 Å². The molecule has 13 heavy (non-hydrogen) atoms. The van der Waals surface area contributed by atoms with Crippen molar-refractivity contribution in [3.05, 3.63) is 0 Å². The summed E-state index contributed by atoms with van der Waals surface area (Å²) < 4.78 is 26.4. The molecule has 7 nitrogen and oxygen atoms in total. The number of nitrogens with two attached hydrogens (primary N) is 3. The van der Waals surface area contributed by atoms with E-state index in [-0.39, 0.29) is 0 Å². The van der Waals surface area contributed by atoms with Crippen LogP contribution in [0, 0.1) is 0 Å². The first-order chi connectivity index (χ1) is 5.41. The van der Waals surface area contributed by atoms with E-state index < -0.39 is 20.9 Å². The molecule has 0 aliphatic rings. The van der Waals surface area contributed by atoms with Crippen molar-refractivity contribution in [2.45, 2.75) is 26.3 Å². The van der Waals surface area contributed by atoms with Crippen LogP contribution in [0.2, 0.25) is 0 Å². The van der Waals surface area contributed by atoms with Crippen LogP contribution in [0.25, 0.3) is 0 Å². The molecule has 1 unspecified atom stereocenters. The van der Waals surface area contributed by atoms with Crippen LogP contribution in [0.5, 0.6) is 0 Å². The molecule has 0 aromatic heterocycles. The second kappa shape index (κ2) is 3.79. The monoisotopic (exact) mass is 230 g/mol. The predicted molar refractivity (Wildman–Crippen MR) is 51.7 cm³/mol. The van der Waals surface area contributed by atoms with Crippen molar-refractivity contribution in [3.63, 3.8) is 0 Å². The third kappa shape index (κ3) is 8.59. The zero-order chi connectivity index (χ0) is 10.9. The summed E-state index contributed by atoms with van der Waals surface area (Å²) in [7, 11) is -7.52. The van der Waals surface area contributed by atoms with Gasteiger partial charge in [0.05, 0.1) is 0 Å².